The van der Waals surface area contributed by atoms with Crippen LogP contribution in [0.5, 0.6) is 5.75 Å². The number of hydrogen-bond acceptors (Lipinski definition) is 4. The molecule has 0 radical (unpaired) electrons. The van der Waals surface area contributed by atoms with Gasteiger partial charge in [-0.25, -0.2) is 4.79 Å². The number of ether oxygens (including phenoxy) is 1. The van der Waals surface area contributed by atoms with Gasteiger partial charge in [-0.3, -0.25) is 9.48 Å². The number of hydrogen-bond donors (Lipinski definition) is 1. The highest BCUT2D eigenvalue weighted by atomic mass is 35.5. The van der Waals surface area contributed by atoms with Crippen LogP contribution in [-0.2, 0) is 20.0 Å². The highest BCUT2D eigenvalue weighted by Gasteiger charge is 2.39. The number of nitrogens with zero attached hydrogens (tertiary/aromatic N) is 5. The molecule has 4 heterocycles. The molecule has 298 valence electrons. The summed E-state index contributed by atoms with van der Waals surface area (Å²) in [5.41, 5.74) is 10.2. The second-order valence-electron chi connectivity index (χ2n) is 17.1. The number of carboxylic acids is 1. The van der Waals surface area contributed by atoms with Gasteiger partial charge in [-0.1, -0.05) is 49.5 Å². The Hall–Kier alpha value is -4.73. The second-order valence-corrected chi connectivity index (χ2v) is 17.8. The van der Waals surface area contributed by atoms with Crippen LogP contribution < -0.4 is 9.64 Å². The molecule has 6 aromatic rings. The zero-order chi connectivity index (χ0) is 40.7. The Bertz CT molecular complexity index is 2590. The molecule has 57 heavy (non-hydrogen) atoms. The third-order valence-corrected chi connectivity index (χ3v) is 13.8. The molecule has 0 spiro atoms. The van der Waals surface area contributed by atoms with E-state index in [0.29, 0.717) is 42.6 Å². The molecule has 3 aromatic heterocycles. The zero-order valence-corrected chi connectivity index (χ0v) is 35.6. The Balaban J connectivity index is 1.27. The van der Waals surface area contributed by atoms with Crippen LogP contribution in [0.1, 0.15) is 101 Å². The molecule has 2 atom stereocenters. The minimum atomic E-state index is -0.996. The number of rotatable bonds is 10. The maximum Gasteiger partial charge on any atom is 0.335 e. The van der Waals surface area contributed by atoms with Crippen molar-refractivity contribution in [1.82, 2.24) is 18.9 Å². The lowest BCUT2D eigenvalue weighted by atomic mass is 9.82. The fourth-order valence-corrected chi connectivity index (χ4v) is 10.0. The maximum atomic E-state index is 15.4. The minimum Gasteiger partial charge on any atom is -0.494 e. The molecule has 8 rings (SSSR count). The minimum absolute atomic E-state index is 0.119. The SMILES string of the molecule is Cc1cc(OCCCc2c3n(c4c(-c5c(C)nn(C)c5C)c(Cl)ccc24)[C@H](C)CN(c2cn(C[C@H]4CCCC4(C)C)c4ccc(C(=O)O)cc24)C3=O)cc(C)c1Cl. The monoisotopic (exact) mass is 807 g/mol. The highest BCUT2D eigenvalue weighted by molar-refractivity contribution is 6.35. The van der Waals surface area contributed by atoms with Crippen LogP contribution in [0.15, 0.2) is 48.7 Å². The van der Waals surface area contributed by atoms with Crippen molar-refractivity contribution < 1.29 is 19.4 Å². The third kappa shape index (κ3) is 6.61. The zero-order valence-electron chi connectivity index (χ0n) is 34.1. The molecule has 1 saturated carbocycles. The summed E-state index contributed by atoms with van der Waals surface area (Å²) in [6.45, 7) is 16.5. The molecule has 2 aliphatic rings. The summed E-state index contributed by atoms with van der Waals surface area (Å²) in [5.74, 6) is 0.121. The number of amides is 1. The van der Waals surface area contributed by atoms with Crippen molar-refractivity contribution in [2.45, 2.75) is 93.2 Å². The van der Waals surface area contributed by atoms with Gasteiger partial charge in [-0.15, -0.1) is 0 Å². The summed E-state index contributed by atoms with van der Waals surface area (Å²) < 4.78 is 12.6. The molecule has 1 fully saturated rings. The van der Waals surface area contributed by atoms with Crippen LogP contribution >= 0.6 is 23.2 Å². The van der Waals surface area contributed by atoms with E-state index in [9.17, 15) is 9.90 Å². The number of aromatic carboxylic acids is 1. The van der Waals surface area contributed by atoms with E-state index >= 15 is 4.79 Å². The molecule has 9 nitrogen and oxygen atoms in total. The van der Waals surface area contributed by atoms with E-state index in [-0.39, 0.29) is 22.9 Å². The second kappa shape index (κ2) is 14.6. The normalized spacial score (nSPS) is 17.9. The lowest BCUT2D eigenvalue weighted by molar-refractivity contribution is 0.0696. The van der Waals surface area contributed by atoms with Crippen molar-refractivity contribution >= 4 is 62.6 Å². The van der Waals surface area contributed by atoms with Crippen LogP contribution in [0.3, 0.4) is 0 Å². The Morgan fingerprint density at radius 3 is 2.40 bits per heavy atom. The van der Waals surface area contributed by atoms with Crippen molar-refractivity contribution in [2.24, 2.45) is 18.4 Å². The first-order valence-corrected chi connectivity index (χ1v) is 20.8. The lowest BCUT2D eigenvalue weighted by Crippen LogP contribution is -2.42. The van der Waals surface area contributed by atoms with Gasteiger partial charge in [-0.2, -0.15) is 5.10 Å². The van der Waals surface area contributed by atoms with E-state index in [4.69, 9.17) is 33.0 Å². The van der Waals surface area contributed by atoms with Gasteiger partial charge in [0, 0.05) is 65.0 Å². The molecule has 11 heteroatoms. The molecule has 0 saturated heterocycles. The number of aromatic nitrogens is 4. The van der Waals surface area contributed by atoms with E-state index in [1.807, 2.05) is 74.7 Å². The number of halogens is 2. The van der Waals surface area contributed by atoms with Crippen LogP contribution in [-0.4, -0.2) is 49.0 Å². The summed E-state index contributed by atoms with van der Waals surface area (Å²) in [6, 6.07) is 13.1. The van der Waals surface area contributed by atoms with Crippen LogP contribution in [0, 0.1) is 39.0 Å². The van der Waals surface area contributed by atoms with Crippen molar-refractivity contribution in [3.8, 4) is 16.9 Å². The van der Waals surface area contributed by atoms with Crippen molar-refractivity contribution in [3.63, 3.8) is 0 Å². The molecular formula is C46H51Cl2N5O4. The predicted octanol–water partition coefficient (Wildman–Crippen LogP) is 11.3. The smallest absolute Gasteiger partial charge is 0.335 e. The maximum absolute atomic E-state index is 15.4. The van der Waals surface area contributed by atoms with Gasteiger partial charge in [0.05, 0.1) is 39.6 Å². The van der Waals surface area contributed by atoms with E-state index in [2.05, 4.69) is 36.1 Å². The Labute approximate surface area is 344 Å². The van der Waals surface area contributed by atoms with Gasteiger partial charge in [0.2, 0.25) is 0 Å². The summed E-state index contributed by atoms with van der Waals surface area (Å²) >= 11 is 13.6. The number of fused-ring (bicyclic) bond motifs is 4. The van der Waals surface area contributed by atoms with E-state index in [1.165, 1.54) is 12.8 Å². The first kappa shape index (κ1) is 39.1. The fourth-order valence-electron chi connectivity index (χ4n) is 9.69. The molecular weight excluding hydrogens is 757 g/mol. The quantitative estimate of drug-likeness (QED) is 0.139. The first-order chi connectivity index (χ1) is 27.1. The van der Waals surface area contributed by atoms with Crippen molar-refractivity contribution in [1.29, 1.82) is 0 Å². The van der Waals surface area contributed by atoms with E-state index in [0.717, 1.165) is 90.4 Å². The molecule has 3 aromatic carbocycles. The highest BCUT2D eigenvalue weighted by Crippen LogP contribution is 2.47. The third-order valence-electron chi connectivity index (χ3n) is 12.9. The average molecular weight is 809 g/mol. The number of anilines is 1. The van der Waals surface area contributed by atoms with Gasteiger partial charge in [-0.05, 0) is 125 Å². The molecule has 1 N–H and O–H groups in total. The number of carbonyl (C=O) groups is 2. The summed E-state index contributed by atoms with van der Waals surface area (Å²) in [4.78, 5) is 29.6. The van der Waals surface area contributed by atoms with E-state index in [1.54, 1.807) is 12.1 Å². The molecule has 0 bridgehead atoms. The van der Waals surface area contributed by atoms with Crippen LogP contribution in [0.2, 0.25) is 10.0 Å². The summed E-state index contributed by atoms with van der Waals surface area (Å²) in [5, 5.41) is 17.9. The average Bonchev–Trinajstić information content (AvgIpc) is 3.87. The Morgan fingerprint density at radius 1 is 1.02 bits per heavy atom. The van der Waals surface area contributed by atoms with Gasteiger partial charge in [0.15, 0.2) is 0 Å². The fraction of sp³-hybridized carbons (Fsp3) is 0.413. The van der Waals surface area contributed by atoms with Gasteiger partial charge >= 0.3 is 5.97 Å². The molecule has 1 amide bonds. The summed E-state index contributed by atoms with van der Waals surface area (Å²) in [6.07, 6.45) is 6.84. The lowest BCUT2D eigenvalue weighted by Gasteiger charge is -2.34. The molecule has 1 aliphatic carbocycles. The van der Waals surface area contributed by atoms with Crippen molar-refractivity contribution in [3.05, 3.63) is 98.0 Å². The largest absolute Gasteiger partial charge is 0.494 e. The standard InChI is InChI=1S/C46H51Cl2N5O4/c1-25-19-32(20-26(2)41(25)48)57-18-10-12-33-34-14-15-36(47)40(39-28(4)49-50(8)29(39)5)42(34)53-27(3)22-52(44(54)43(33)53)38-24-51(23-31-11-9-17-46(31,6)7)37-16-13-30(45(55)56)21-35(37)38/h13-16,19-21,24,27,31H,9-12,17-18,22-23H2,1-8H3,(H,55,56)/t27-,31-/m1/s1. The number of carboxylic acid groups (broad SMARTS) is 1. The Morgan fingerprint density at radius 2 is 1.75 bits per heavy atom. The van der Waals surface area contributed by atoms with E-state index < -0.39 is 5.97 Å². The molecule has 0 unspecified atom stereocenters. The first-order valence-electron chi connectivity index (χ1n) is 20.0. The number of carbonyl (C=O) groups excluding carboxylic acids is 1. The topological polar surface area (TPSA) is 94.5 Å². The van der Waals surface area contributed by atoms with Crippen LogP contribution in [0.25, 0.3) is 32.9 Å². The van der Waals surface area contributed by atoms with Gasteiger partial charge < -0.3 is 23.9 Å². The van der Waals surface area contributed by atoms with Crippen LogP contribution in [0.4, 0.5) is 5.69 Å². The molecule has 1 aliphatic heterocycles. The van der Waals surface area contributed by atoms with Gasteiger partial charge in [0.25, 0.3) is 5.91 Å². The predicted molar refractivity (Wildman–Crippen MR) is 230 cm³/mol. The number of benzene rings is 3. The summed E-state index contributed by atoms with van der Waals surface area (Å²) in [7, 11) is 1.94. The Kier molecular flexibility index (Phi) is 10.0. The van der Waals surface area contributed by atoms with Crippen molar-refractivity contribution in [2.75, 3.05) is 18.1 Å². The number of aryl methyl sites for hydroxylation is 5. The van der Waals surface area contributed by atoms with Gasteiger partial charge in [0.1, 0.15) is 11.4 Å².